The van der Waals surface area contributed by atoms with Gasteiger partial charge in [0.05, 0.1) is 17.2 Å². The monoisotopic (exact) mass is 295 g/mol. The van der Waals surface area contributed by atoms with E-state index in [0.29, 0.717) is 17.1 Å². The summed E-state index contributed by atoms with van der Waals surface area (Å²) >= 11 is 3.10. The maximum Gasteiger partial charge on any atom is 0.263 e. The third-order valence-electron chi connectivity index (χ3n) is 2.52. The summed E-state index contributed by atoms with van der Waals surface area (Å²) in [5.74, 6) is -0.0893. The minimum absolute atomic E-state index is 0.0893. The summed E-state index contributed by atoms with van der Waals surface area (Å²) in [6, 6.07) is 5.91. The third-order valence-corrected chi connectivity index (χ3v) is 4.50. The zero-order chi connectivity index (χ0) is 13.7. The van der Waals surface area contributed by atoms with Crippen LogP contribution in [0.1, 0.15) is 27.9 Å². The molecule has 19 heavy (non-hydrogen) atoms. The Morgan fingerprint density at radius 2 is 2.32 bits per heavy atom. The van der Waals surface area contributed by atoms with E-state index in [2.05, 4.69) is 16.7 Å². The average Bonchev–Trinajstić information content (AvgIpc) is 3.02. The van der Waals surface area contributed by atoms with Crippen LogP contribution in [0.4, 0.5) is 10.7 Å². The highest BCUT2D eigenvalue weighted by Crippen LogP contribution is 2.29. The SMILES string of the molecule is CCCNC(=O)c1sc(NCc2cccs2)cc1N. The zero-order valence-corrected chi connectivity index (χ0v) is 12.4. The van der Waals surface area contributed by atoms with Gasteiger partial charge in [-0.2, -0.15) is 0 Å². The lowest BCUT2D eigenvalue weighted by Gasteiger charge is -2.01. The molecule has 1 amide bonds. The van der Waals surface area contributed by atoms with Gasteiger partial charge in [0, 0.05) is 11.4 Å². The lowest BCUT2D eigenvalue weighted by Crippen LogP contribution is -2.23. The molecule has 0 atom stereocenters. The molecule has 102 valence electrons. The summed E-state index contributed by atoms with van der Waals surface area (Å²) in [6.45, 7) is 3.45. The Labute approximate surface area is 120 Å². The fraction of sp³-hybridized carbons (Fsp3) is 0.308. The van der Waals surface area contributed by atoms with Gasteiger partial charge in [0.2, 0.25) is 0 Å². The molecule has 4 N–H and O–H groups in total. The Balaban J connectivity index is 1.97. The highest BCUT2D eigenvalue weighted by Gasteiger charge is 2.13. The molecule has 0 spiro atoms. The number of nitrogens with one attached hydrogen (secondary N) is 2. The van der Waals surface area contributed by atoms with E-state index in [4.69, 9.17) is 5.73 Å². The first-order valence-corrected chi connectivity index (χ1v) is 7.84. The molecule has 0 aliphatic rings. The van der Waals surface area contributed by atoms with Crippen molar-refractivity contribution in [2.24, 2.45) is 0 Å². The highest BCUT2D eigenvalue weighted by atomic mass is 32.1. The molecule has 2 heterocycles. The number of anilines is 2. The molecule has 0 saturated heterocycles. The minimum atomic E-state index is -0.0893. The zero-order valence-electron chi connectivity index (χ0n) is 10.7. The second kappa shape index (κ2) is 6.58. The molecule has 4 nitrogen and oxygen atoms in total. The normalized spacial score (nSPS) is 10.4. The van der Waals surface area contributed by atoms with Gasteiger partial charge in [0.15, 0.2) is 0 Å². The lowest BCUT2D eigenvalue weighted by molar-refractivity contribution is 0.0958. The predicted octanol–water partition coefficient (Wildman–Crippen LogP) is 3.14. The largest absolute Gasteiger partial charge is 0.397 e. The van der Waals surface area contributed by atoms with Crippen LogP contribution < -0.4 is 16.4 Å². The summed E-state index contributed by atoms with van der Waals surface area (Å²) in [5.41, 5.74) is 6.41. The van der Waals surface area contributed by atoms with Crippen LogP contribution in [0.3, 0.4) is 0 Å². The van der Waals surface area contributed by atoms with Gasteiger partial charge in [0.1, 0.15) is 4.88 Å². The molecule has 2 rings (SSSR count). The van der Waals surface area contributed by atoms with E-state index >= 15 is 0 Å². The number of hydrogen-bond donors (Lipinski definition) is 3. The standard InChI is InChI=1S/C13H17N3OS2/c1-2-5-15-13(17)12-10(14)7-11(19-12)16-8-9-4-3-6-18-9/h3-4,6-7,16H,2,5,8,14H2,1H3,(H,15,17). The Hall–Kier alpha value is -1.53. The van der Waals surface area contributed by atoms with Crippen molar-refractivity contribution in [3.63, 3.8) is 0 Å². The molecular weight excluding hydrogens is 278 g/mol. The van der Waals surface area contributed by atoms with Gasteiger partial charge in [-0.3, -0.25) is 4.79 Å². The number of carbonyl (C=O) groups excluding carboxylic acids is 1. The van der Waals surface area contributed by atoms with Crippen LogP contribution in [-0.2, 0) is 6.54 Å². The number of carbonyl (C=O) groups is 1. The molecular formula is C13H17N3OS2. The van der Waals surface area contributed by atoms with Crippen molar-refractivity contribution in [2.75, 3.05) is 17.6 Å². The summed E-state index contributed by atoms with van der Waals surface area (Å²) in [7, 11) is 0. The van der Waals surface area contributed by atoms with E-state index in [1.807, 2.05) is 24.4 Å². The number of nitrogen functional groups attached to an aromatic ring is 1. The number of hydrogen-bond acceptors (Lipinski definition) is 5. The number of amides is 1. The van der Waals surface area contributed by atoms with Gasteiger partial charge in [-0.15, -0.1) is 22.7 Å². The van der Waals surface area contributed by atoms with Crippen LogP contribution in [0, 0.1) is 0 Å². The molecule has 2 aromatic heterocycles. The molecule has 6 heteroatoms. The van der Waals surface area contributed by atoms with Crippen molar-refractivity contribution >= 4 is 39.3 Å². The van der Waals surface area contributed by atoms with Gasteiger partial charge in [-0.1, -0.05) is 13.0 Å². The summed E-state index contributed by atoms with van der Waals surface area (Å²) < 4.78 is 0. The molecule has 0 aliphatic heterocycles. The quantitative estimate of drug-likeness (QED) is 0.767. The van der Waals surface area contributed by atoms with Crippen LogP contribution in [0.5, 0.6) is 0 Å². The van der Waals surface area contributed by atoms with Crippen molar-refractivity contribution in [2.45, 2.75) is 19.9 Å². The van der Waals surface area contributed by atoms with E-state index in [0.717, 1.165) is 18.0 Å². The van der Waals surface area contributed by atoms with Crippen LogP contribution in [0.25, 0.3) is 0 Å². The highest BCUT2D eigenvalue weighted by molar-refractivity contribution is 7.18. The van der Waals surface area contributed by atoms with Crippen molar-refractivity contribution < 1.29 is 4.79 Å². The van der Waals surface area contributed by atoms with Gasteiger partial charge in [-0.05, 0) is 23.9 Å². The van der Waals surface area contributed by atoms with Gasteiger partial charge >= 0.3 is 0 Å². The minimum Gasteiger partial charge on any atom is -0.397 e. The predicted molar refractivity (Wildman–Crippen MR) is 83.0 cm³/mol. The number of rotatable bonds is 6. The van der Waals surface area contributed by atoms with E-state index < -0.39 is 0 Å². The molecule has 2 aromatic rings. The Morgan fingerprint density at radius 3 is 3.00 bits per heavy atom. The molecule has 0 unspecified atom stereocenters. The van der Waals surface area contributed by atoms with E-state index in [9.17, 15) is 4.79 Å². The van der Waals surface area contributed by atoms with Gasteiger partial charge in [0.25, 0.3) is 5.91 Å². The smallest absolute Gasteiger partial charge is 0.263 e. The Morgan fingerprint density at radius 1 is 1.47 bits per heavy atom. The lowest BCUT2D eigenvalue weighted by atomic mass is 10.3. The second-order valence-corrected chi connectivity index (χ2v) is 6.17. The van der Waals surface area contributed by atoms with Crippen molar-refractivity contribution in [3.05, 3.63) is 33.3 Å². The van der Waals surface area contributed by atoms with Crippen LogP contribution in [0.15, 0.2) is 23.6 Å². The van der Waals surface area contributed by atoms with Gasteiger partial charge in [-0.25, -0.2) is 0 Å². The molecule has 0 radical (unpaired) electrons. The van der Waals surface area contributed by atoms with E-state index in [1.54, 1.807) is 11.3 Å². The first-order valence-electron chi connectivity index (χ1n) is 6.14. The third kappa shape index (κ3) is 3.71. The topological polar surface area (TPSA) is 67.2 Å². The summed E-state index contributed by atoms with van der Waals surface area (Å²) in [4.78, 5) is 13.7. The maximum atomic E-state index is 11.9. The van der Waals surface area contributed by atoms with Crippen LogP contribution in [0.2, 0.25) is 0 Å². The second-order valence-electron chi connectivity index (χ2n) is 4.08. The molecule has 0 bridgehead atoms. The maximum absolute atomic E-state index is 11.9. The van der Waals surface area contributed by atoms with Crippen molar-refractivity contribution in [3.8, 4) is 0 Å². The number of nitrogens with two attached hydrogens (primary N) is 1. The van der Waals surface area contributed by atoms with Crippen molar-refractivity contribution in [1.29, 1.82) is 0 Å². The summed E-state index contributed by atoms with van der Waals surface area (Å²) in [6.07, 6.45) is 0.917. The molecule has 0 fully saturated rings. The summed E-state index contributed by atoms with van der Waals surface area (Å²) in [5, 5.41) is 9.10. The fourth-order valence-electron chi connectivity index (χ4n) is 1.58. The van der Waals surface area contributed by atoms with Gasteiger partial charge < -0.3 is 16.4 Å². The molecule has 0 aliphatic carbocycles. The Kier molecular flexibility index (Phi) is 4.81. The average molecular weight is 295 g/mol. The Bertz CT molecular complexity index is 534. The first-order chi connectivity index (χ1) is 9.20. The van der Waals surface area contributed by atoms with E-state index in [1.165, 1.54) is 16.2 Å². The first kappa shape index (κ1) is 13.9. The van der Waals surface area contributed by atoms with E-state index in [-0.39, 0.29) is 5.91 Å². The van der Waals surface area contributed by atoms with Crippen molar-refractivity contribution in [1.82, 2.24) is 5.32 Å². The van der Waals surface area contributed by atoms with Crippen LogP contribution >= 0.6 is 22.7 Å². The number of thiophene rings is 2. The van der Waals surface area contributed by atoms with Crippen LogP contribution in [-0.4, -0.2) is 12.5 Å². The molecule has 0 saturated carbocycles. The fourth-order valence-corrected chi connectivity index (χ4v) is 3.11. The molecule has 0 aromatic carbocycles.